The smallest absolute Gasteiger partial charge is 0.339 e. The van der Waals surface area contributed by atoms with E-state index in [1.165, 1.54) is 0 Å². The summed E-state index contributed by atoms with van der Waals surface area (Å²) in [7, 11) is 0. The van der Waals surface area contributed by atoms with Crippen LogP contribution in [0.1, 0.15) is 16.1 Å². The zero-order valence-electron chi connectivity index (χ0n) is 17.1. The first-order chi connectivity index (χ1) is 15.4. The molecule has 0 aliphatic heterocycles. The molecule has 9 heteroatoms. The van der Waals surface area contributed by atoms with E-state index < -0.39 is 24.5 Å². The fourth-order valence-corrected chi connectivity index (χ4v) is 3.34. The van der Waals surface area contributed by atoms with Gasteiger partial charge in [0.1, 0.15) is 0 Å². The summed E-state index contributed by atoms with van der Waals surface area (Å²) < 4.78 is 6.80. The molecule has 2 heterocycles. The fraction of sp³-hybridized carbons (Fsp3) is 0.0870. The normalized spacial score (nSPS) is 10.7. The molecule has 0 saturated heterocycles. The molecule has 0 radical (unpaired) electrons. The topological polar surface area (TPSA) is 129 Å². The van der Waals surface area contributed by atoms with Gasteiger partial charge < -0.3 is 10.5 Å². The van der Waals surface area contributed by atoms with Gasteiger partial charge in [-0.15, -0.1) is 0 Å². The van der Waals surface area contributed by atoms with E-state index in [-0.39, 0.29) is 5.56 Å². The number of ether oxygens (including phenoxy) is 1. The van der Waals surface area contributed by atoms with E-state index >= 15 is 0 Å². The average Bonchev–Trinajstić information content (AvgIpc) is 3.14. The van der Waals surface area contributed by atoms with Crippen LogP contribution in [-0.4, -0.2) is 39.3 Å². The van der Waals surface area contributed by atoms with E-state index in [9.17, 15) is 14.4 Å². The molecule has 0 fully saturated rings. The third-order valence-electron chi connectivity index (χ3n) is 4.70. The molecule has 0 unspecified atom stereocenters. The van der Waals surface area contributed by atoms with Crippen molar-refractivity contribution < 1.29 is 19.1 Å². The van der Waals surface area contributed by atoms with E-state index in [1.54, 1.807) is 17.7 Å². The highest BCUT2D eigenvalue weighted by atomic mass is 16.5. The van der Waals surface area contributed by atoms with Gasteiger partial charge in [-0.05, 0) is 25.1 Å². The van der Waals surface area contributed by atoms with Gasteiger partial charge in [0, 0.05) is 5.56 Å². The number of para-hydroxylation sites is 1. The van der Waals surface area contributed by atoms with Gasteiger partial charge in [-0.25, -0.2) is 19.3 Å². The van der Waals surface area contributed by atoms with Gasteiger partial charge >= 0.3 is 12.0 Å². The van der Waals surface area contributed by atoms with Crippen LogP contribution in [-0.2, 0) is 9.53 Å². The Morgan fingerprint density at radius 1 is 1.03 bits per heavy atom. The van der Waals surface area contributed by atoms with E-state index in [1.807, 2.05) is 66.0 Å². The maximum absolute atomic E-state index is 12.9. The van der Waals surface area contributed by atoms with Crippen LogP contribution in [0.2, 0.25) is 0 Å². The van der Waals surface area contributed by atoms with Crippen molar-refractivity contribution in [1.29, 1.82) is 0 Å². The average molecular weight is 429 g/mol. The molecule has 9 nitrogen and oxygen atoms in total. The zero-order chi connectivity index (χ0) is 22.7. The monoisotopic (exact) mass is 429 g/mol. The van der Waals surface area contributed by atoms with Gasteiger partial charge in [0.05, 0.1) is 28.0 Å². The van der Waals surface area contributed by atoms with Crippen LogP contribution in [0, 0.1) is 6.92 Å². The molecule has 0 spiro atoms. The van der Waals surface area contributed by atoms with Crippen LogP contribution in [0.25, 0.3) is 28.0 Å². The Morgan fingerprint density at radius 2 is 1.69 bits per heavy atom. The SMILES string of the molecule is Cc1nn(-c2ccccc2)c2nc(-c3ccccc3)cc(C(=O)OCC(=O)NC(N)=O)c12. The van der Waals surface area contributed by atoms with E-state index in [2.05, 4.69) is 5.10 Å². The number of nitrogens with one attached hydrogen (secondary N) is 1. The summed E-state index contributed by atoms with van der Waals surface area (Å²) in [5, 5.41) is 6.94. The number of imide groups is 1. The van der Waals surface area contributed by atoms with Crippen molar-refractivity contribution in [2.75, 3.05) is 6.61 Å². The number of nitrogens with zero attached hydrogens (tertiary/aromatic N) is 3. The molecule has 0 saturated carbocycles. The van der Waals surface area contributed by atoms with Crippen LogP contribution < -0.4 is 11.1 Å². The number of carbonyl (C=O) groups excluding carboxylic acids is 3. The lowest BCUT2D eigenvalue weighted by Crippen LogP contribution is -2.37. The number of hydrogen-bond donors (Lipinski definition) is 2. The number of nitrogens with two attached hydrogens (primary N) is 1. The van der Waals surface area contributed by atoms with E-state index in [4.69, 9.17) is 15.5 Å². The highest BCUT2D eigenvalue weighted by Gasteiger charge is 2.22. The fourth-order valence-electron chi connectivity index (χ4n) is 3.34. The van der Waals surface area contributed by atoms with Crippen molar-refractivity contribution in [2.24, 2.45) is 5.73 Å². The number of aromatic nitrogens is 3. The second kappa shape index (κ2) is 8.68. The van der Waals surface area contributed by atoms with Crippen molar-refractivity contribution in [1.82, 2.24) is 20.1 Å². The minimum absolute atomic E-state index is 0.209. The molecule has 4 aromatic rings. The Morgan fingerprint density at radius 3 is 2.34 bits per heavy atom. The number of rotatable bonds is 5. The Bertz CT molecular complexity index is 1320. The molecule has 3 amide bonds. The molecule has 0 aliphatic carbocycles. The van der Waals surface area contributed by atoms with Gasteiger partial charge in [-0.3, -0.25) is 10.1 Å². The summed E-state index contributed by atoms with van der Waals surface area (Å²) in [6, 6.07) is 19.4. The van der Waals surface area contributed by atoms with Crippen molar-refractivity contribution in [3.05, 3.63) is 78.0 Å². The van der Waals surface area contributed by atoms with Crippen molar-refractivity contribution in [3.8, 4) is 16.9 Å². The first-order valence-corrected chi connectivity index (χ1v) is 9.71. The Labute approximate surface area is 182 Å². The number of hydrogen-bond acceptors (Lipinski definition) is 6. The molecular formula is C23H19N5O4. The maximum atomic E-state index is 12.9. The third-order valence-corrected chi connectivity index (χ3v) is 4.70. The molecule has 32 heavy (non-hydrogen) atoms. The molecule has 2 aromatic carbocycles. The maximum Gasteiger partial charge on any atom is 0.339 e. The number of esters is 1. The number of primary amides is 1. The molecule has 0 atom stereocenters. The molecule has 4 rings (SSSR count). The van der Waals surface area contributed by atoms with Crippen LogP contribution in [0.5, 0.6) is 0 Å². The Balaban J connectivity index is 1.84. The first kappa shape index (κ1) is 20.7. The number of aryl methyl sites for hydroxylation is 1. The highest BCUT2D eigenvalue weighted by Crippen LogP contribution is 2.29. The minimum Gasteiger partial charge on any atom is -0.452 e. The lowest BCUT2D eigenvalue weighted by molar-refractivity contribution is -0.123. The van der Waals surface area contributed by atoms with Crippen LogP contribution in [0.15, 0.2) is 66.7 Å². The molecule has 0 aliphatic rings. The molecule has 0 bridgehead atoms. The van der Waals surface area contributed by atoms with Gasteiger partial charge in [-0.1, -0.05) is 48.5 Å². The predicted octanol–water partition coefficient (Wildman–Crippen LogP) is 2.75. The number of amides is 3. The van der Waals surface area contributed by atoms with Crippen molar-refractivity contribution in [2.45, 2.75) is 6.92 Å². The summed E-state index contributed by atoms with van der Waals surface area (Å²) >= 11 is 0. The van der Waals surface area contributed by atoms with Crippen LogP contribution >= 0.6 is 0 Å². The third kappa shape index (κ3) is 4.17. The van der Waals surface area contributed by atoms with E-state index in [0.717, 1.165) is 11.3 Å². The number of benzene rings is 2. The Hall–Kier alpha value is -4.53. The number of pyridine rings is 1. The summed E-state index contributed by atoms with van der Waals surface area (Å²) in [5.74, 6) is -1.57. The zero-order valence-corrected chi connectivity index (χ0v) is 17.1. The van der Waals surface area contributed by atoms with Crippen molar-refractivity contribution >= 4 is 28.9 Å². The minimum atomic E-state index is -1.02. The standard InChI is InChI=1S/C23H19N5O4/c1-14-20-17(22(30)32-13-19(29)26-23(24)31)12-18(15-8-4-2-5-9-15)25-21(20)28(27-14)16-10-6-3-7-11-16/h2-12H,13H2,1H3,(H3,24,26,29,31). The second-order valence-electron chi connectivity index (χ2n) is 6.94. The summed E-state index contributed by atoms with van der Waals surface area (Å²) in [4.78, 5) is 40.2. The Kier molecular flexibility index (Phi) is 5.63. The van der Waals surface area contributed by atoms with Gasteiger partial charge in [-0.2, -0.15) is 5.10 Å². The quantitative estimate of drug-likeness (QED) is 0.469. The lowest BCUT2D eigenvalue weighted by Gasteiger charge is -2.09. The number of carbonyl (C=O) groups is 3. The molecule has 2 aromatic heterocycles. The predicted molar refractivity (Wildman–Crippen MR) is 117 cm³/mol. The number of urea groups is 1. The molecule has 160 valence electrons. The molecule has 3 N–H and O–H groups in total. The highest BCUT2D eigenvalue weighted by molar-refractivity contribution is 6.06. The summed E-state index contributed by atoms with van der Waals surface area (Å²) in [6.45, 7) is 1.11. The largest absolute Gasteiger partial charge is 0.452 e. The lowest BCUT2D eigenvalue weighted by atomic mass is 10.1. The van der Waals surface area contributed by atoms with Crippen molar-refractivity contribution in [3.63, 3.8) is 0 Å². The number of fused-ring (bicyclic) bond motifs is 1. The van der Waals surface area contributed by atoms with Gasteiger partial charge in [0.15, 0.2) is 12.3 Å². The first-order valence-electron chi connectivity index (χ1n) is 9.71. The second-order valence-corrected chi connectivity index (χ2v) is 6.94. The molecular weight excluding hydrogens is 410 g/mol. The van der Waals surface area contributed by atoms with Gasteiger partial charge in [0.25, 0.3) is 5.91 Å². The summed E-state index contributed by atoms with van der Waals surface area (Å²) in [6.07, 6.45) is 0. The van der Waals surface area contributed by atoms with Gasteiger partial charge in [0.2, 0.25) is 0 Å². The van der Waals surface area contributed by atoms with Crippen LogP contribution in [0.3, 0.4) is 0 Å². The van der Waals surface area contributed by atoms with E-state index in [0.29, 0.717) is 22.4 Å². The van der Waals surface area contributed by atoms with Crippen LogP contribution in [0.4, 0.5) is 4.79 Å². The summed E-state index contributed by atoms with van der Waals surface area (Å²) in [5.41, 5.74) is 8.30.